The number of nitrogens with one attached hydrogen (secondary N) is 2. The van der Waals surface area contributed by atoms with E-state index in [1.165, 1.54) is 4.57 Å². The predicted molar refractivity (Wildman–Crippen MR) is 215 cm³/mol. The van der Waals surface area contributed by atoms with Crippen molar-refractivity contribution >= 4 is 39.7 Å². The lowest BCUT2D eigenvalue weighted by Gasteiger charge is -2.39. The van der Waals surface area contributed by atoms with Crippen LogP contribution in [0.1, 0.15) is 79.0 Å². The Morgan fingerprint density at radius 1 is 0.900 bits per heavy atom. The molecule has 17 heteroatoms. The van der Waals surface area contributed by atoms with Gasteiger partial charge in [0, 0.05) is 56.4 Å². The number of amides is 3. The van der Waals surface area contributed by atoms with Crippen molar-refractivity contribution in [3.63, 3.8) is 0 Å². The fourth-order valence-corrected chi connectivity index (χ4v) is 8.98. The number of aromatic hydroxyl groups is 1. The van der Waals surface area contributed by atoms with Crippen molar-refractivity contribution in [3.05, 3.63) is 100 Å². The number of likely N-dealkylation sites (tertiary alicyclic amines) is 1. The summed E-state index contributed by atoms with van der Waals surface area (Å²) < 4.78 is 48.7. The Balaban J connectivity index is 0.746. The highest BCUT2D eigenvalue weighted by atomic mass is 19.2. The van der Waals surface area contributed by atoms with Crippen LogP contribution in [0, 0.1) is 23.4 Å². The van der Waals surface area contributed by atoms with Crippen LogP contribution < -0.4 is 16.3 Å². The summed E-state index contributed by atoms with van der Waals surface area (Å²) in [5, 5.41) is 24.8. The largest absolute Gasteiger partial charge is 0.503 e. The standard InChI is InChI=1S/C43H44F3N9O5/c1-51-36-15-24(6-11-34(36)55(43(51)60)35-12-13-37(56)49-42(35)59)3-2-14-52-22-30(23-52)53-21-28(19-48-53)26-7-8-27-20-54(50-33(27)16-26)29-9-4-25(5-10-29)18-47-41(58)31-17-32(44)40(57)39(46)38(31)45/h6-8,11,15-17,19-21,25,29-30,35,57H,2-5,9-10,12-14,18,22-23H2,1H3,(H,47,58)(H,49,56,59)/t25?,29?,35-/m1/s1. The van der Waals surface area contributed by atoms with E-state index in [2.05, 4.69) is 46.1 Å². The van der Waals surface area contributed by atoms with E-state index in [9.17, 15) is 37.5 Å². The maximum atomic E-state index is 14.1. The van der Waals surface area contributed by atoms with Gasteiger partial charge in [-0.05, 0) is 92.8 Å². The van der Waals surface area contributed by atoms with Gasteiger partial charge in [-0.1, -0.05) is 18.2 Å². The number of hydrogen-bond acceptors (Lipinski definition) is 8. The molecule has 3 amide bonds. The Hall–Kier alpha value is -6.23. The summed E-state index contributed by atoms with van der Waals surface area (Å²) in [6, 6.07) is 12.4. The molecule has 5 heterocycles. The van der Waals surface area contributed by atoms with E-state index in [0.29, 0.717) is 18.0 Å². The van der Waals surface area contributed by atoms with Crippen molar-refractivity contribution in [1.29, 1.82) is 0 Å². The van der Waals surface area contributed by atoms with Crippen molar-refractivity contribution in [2.24, 2.45) is 13.0 Å². The number of imide groups is 1. The number of halogens is 3. The first-order valence-electron chi connectivity index (χ1n) is 20.4. The number of phenolic OH excluding ortho intramolecular Hbond substituents is 1. The molecular formula is C43H44F3N9O5. The Labute approximate surface area is 341 Å². The molecule has 1 aliphatic carbocycles. The fraction of sp³-hybridized carbons (Fsp3) is 0.395. The highest BCUT2D eigenvalue weighted by Crippen LogP contribution is 2.34. The second-order valence-electron chi connectivity index (χ2n) is 16.4. The summed E-state index contributed by atoms with van der Waals surface area (Å²) in [7, 11) is 1.71. The first kappa shape index (κ1) is 39.2. The van der Waals surface area contributed by atoms with Gasteiger partial charge in [0.05, 0.1) is 40.4 Å². The number of carbonyl (C=O) groups excluding carboxylic acids is 3. The minimum Gasteiger partial charge on any atom is -0.503 e. The number of hydrogen-bond donors (Lipinski definition) is 3. The van der Waals surface area contributed by atoms with Gasteiger partial charge in [0.25, 0.3) is 5.91 Å². The molecule has 60 heavy (non-hydrogen) atoms. The van der Waals surface area contributed by atoms with Crippen molar-refractivity contribution in [3.8, 4) is 16.9 Å². The van der Waals surface area contributed by atoms with E-state index in [1.54, 1.807) is 11.6 Å². The van der Waals surface area contributed by atoms with E-state index in [0.717, 1.165) is 91.3 Å². The van der Waals surface area contributed by atoms with Crippen molar-refractivity contribution in [1.82, 2.24) is 44.2 Å². The predicted octanol–water partition coefficient (Wildman–Crippen LogP) is 5.30. The summed E-state index contributed by atoms with van der Waals surface area (Å²) in [6.07, 6.45) is 11.6. The van der Waals surface area contributed by atoms with Gasteiger partial charge in [-0.3, -0.25) is 43.1 Å². The van der Waals surface area contributed by atoms with E-state index < -0.39 is 46.6 Å². The third-order valence-electron chi connectivity index (χ3n) is 12.5. The number of nitrogens with zero attached hydrogens (tertiary/aromatic N) is 7. The molecule has 1 saturated carbocycles. The summed E-state index contributed by atoms with van der Waals surface area (Å²) in [5.74, 6) is -7.78. The highest BCUT2D eigenvalue weighted by Gasteiger charge is 2.32. The van der Waals surface area contributed by atoms with E-state index in [4.69, 9.17) is 10.2 Å². The summed E-state index contributed by atoms with van der Waals surface area (Å²) in [4.78, 5) is 52.2. The molecular weight excluding hydrogens is 780 g/mol. The molecule has 3 fully saturated rings. The van der Waals surface area contributed by atoms with Gasteiger partial charge in [-0.15, -0.1) is 0 Å². The van der Waals surface area contributed by atoms with Crippen LogP contribution in [0.2, 0.25) is 0 Å². The van der Waals surface area contributed by atoms with Crippen molar-refractivity contribution < 1.29 is 32.7 Å². The van der Waals surface area contributed by atoms with E-state index in [-0.39, 0.29) is 42.6 Å². The van der Waals surface area contributed by atoms with Gasteiger partial charge in [-0.2, -0.15) is 14.6 Å². The zero-order valence-corrected chi connectivity index (χ0v) is 32.9. The van der Waals surface area contributed by atoms with Crippen LogP contribution in [0.15, 0.2) is 65.8 Å². The average molecular weight is 824 g/mol. The van der Waals surface area contributed by atoms with Gasteiger partial charge in [-0.25, -0.2) is 13.6 Å². The van der Waals surface area contributed by atoms with Crippen LogP contribution >= 0.6 is 0 Å². The van der Waals surface area contributed by atoms with Crippen LogP contribution in [0.4, 0.5) is 13.2 Å². The Morgan fingerprint density at radius 2 is 1.70 bits per heavy atom. The normalized spacial score (nSPS) is 20.2. The topological polar surface area (TPSA) is 161 Å². The number of aromatic nitrogens is 6. The van der Waals surface area contributed by atoms with Crippen LogP contribution in [0.5, 0.6) is 5.75 Å². The maximum absolute atomic E-state index is 14.1. The minimum absolute atomic E-state index is 0.117. The Morgan fingerprint density at radius 3 is 2.48 bits per heavy atom. The molecule has 2 saturated heterocycles. The second kappa shape index (κ2) is 15.7. The van der Waals surface area contributed by atoms with Crippen LogP contribution in [-0.4, -0.2) is 82.6 Å². The third-order valence-corrected chi connectivity index (χ3v) is 12.5. The number of carbonyl (C=O) groups is 3. The molecule has 3 aromatic carbocycles. The average Bonchev–Trinajstić information content (AvgIpc) is 3.95. The summed E-state index contributed by atoms with van der Waals surface area (Å²) >= 11 is 0. The molecule has 14 nitrogen and oxygen atoms in total. The molecule has 3 N–H and O–H groups in total. The highest BCUT2D eigenvalue weighted by molar-refractivity contribution is 6.00. The second-order valence-corrected chi connectivity index (χ2v) is 16.4. The quantitative estimate of drug-likeness (QED) is 0.117. The van der Waals surface area contributed by atoms with Crippen LogP contribution in [0.25, 0.3) is 33.1 Å². The third kappa shape index (κ3) is 7.35. The molecule has 0 bridgehead atoms. The summed E-state index contributed by atoms with van der Waals surface area (Å²) in [5.41, 5.74) is 4.45. The van der Waals surface area contributed by atoms with Gasteiger partial charge >= 0.3 is 5.69 Å². The lowest BCUT2D eigenvalue weighted by Crippen LogP contribution is -2.48. The molecule has 9 rings (SSSR count). The van der Waals surface area contributed by atoms with E-state index in [1.807, 2.05) is 33.8 Å². The number of phenols is 1. The molecule has 0 unspecified atom stereocenters. The first-order chi connectivity index (χ1) is 28.9. The molecule has 2 aliphatic heterocycles. The summed E-state index contributed by atoms with van der Waals surface area (Å²) in [6.45, 7) is 2.97. The molecule has 0 spiro atoms. The monoisotopic (exact) mass is 823 g/mol. The zero-order chi connectivity index (χ0) is 41.8. The van der Waals surface area contributed by atoms with Crippen LogP contribution in [-0.2, 0) is 23.1 Å². The zero-order valence-electron chi connectivity index (χ0n) is 32.9. The molecule has 3 aliphatic rings. The van der Waals surface area contributed by atoms with Crippen LogP contribution in [0.3, 0.4) is 0 Å². The Bertz CT molecular complexity index is 2720. The first-order valence-corrected chi connectivity index (χ1v) is 20.4. The number of rotatable bonds is 11. The van der Waals surface area contributed by atoms with Gasteiger partial charge in [0.15, 0.2) is 17.4 Å². The molecule has 6 aromatic rings. The van der Waals surface area contributed by atoms with Gasteiger partial charge in [0.2, 0.25) is 17.6 Å². The SMILES string of the molecule is Cn1c(=O)n([C@@H]2CCC(=O)NC2=O)c2ccc(CCCN3CC(n4cc(-c5ccc6cn(C7CCC(CNC(=O)c8cc(F)c(O)c(F)c8F)CC7)nc6c5)cn4)C3)cc21. The minimum atomic E-state index is -1.78. The molecule has 0 radical (unpaired) electrons. The lowest BCUT2D eigenvalue weighted by molar-refractivity contribution is -0.135. The molecule has 3 aromatic heterocycles. The smallest absolute Gasteiger partial charge is 0.329 e. The van der Waals surface area contributed by atoms with Crippen molar-refractivity contribution in [2.45, 2.75) is 69.5 Å². The van der Waals surface area contributed by atoms with Gasteiger partial charge < -0.3 is 10.4 Å². The molecule has 1 atom stereocenters. The fourth-order valence-electron chi connectivity index (χ4n) is 8.98. The number of benzene rings is 3. The molecule has 312 valence electrons. The van der Waals surface area contributed by atoms with Crippen molar-refractivity contribution in [2.75, 3.05) is 26.2 Å². The number of aryl methyl sites for hydroxylation is 2. The van der Waals surface area contributed by atoms with Gasteiger partial charge in [0.1, 0.15) is 6.04 Å². The number of piperidine rings is 1. The maximum Gasteiger partial charge on any atom is 0.329 e. The Kier molecular flexibility index (Phi) is 10.3. The lowest BCUT2D eigenvalue weighted by atomic mass is 9.86. The van der Waals surface area contributed by atoms with E-state index >= 15 is 0 Å². The number of imidazole rings is 1. The number of fused-ring (bicyclic) bond motifs is 2.